The summed E-state index contributed by atoms with van der Waals surface area (Å²) in [6, 6.07) is 19.5. The van der Waals surface area contributed by atoms with Gasteiger partial charge in [0.25, 0.3) is 11.8 Å². The Hall–Kier alpha value is -3.94. The van der Waals surface area contributed by atoms with Gasteiger partial charge in [-0.25, -0.2) is 0 Å². The van der Waals surface area contributed by atoms with E-state index in [1.54, 1.807) is 49.4 Å². The Morgan fingerprint density at radius 1 is 0.844 bits per heavy atom. The first kappa shape index (κ1) is 22.7. The number of benzene rings is 3. The third-order valence-electron chi connectivity index (χ3n) is 4.67. The van der Waals surface area contributed by atoms with Gasteiger partial charge in [-0.3, -0.25) is 9.59 Å². The highest BCUT2D eigenvalue weighted by Gasteiger charge is 2.17. The maximum absolute atomic E-state index is 12.6. The molecule has 1 unspecified atom stereocenters. The molecule has 32 heavy (non-hydrogen) atoms. The lowest BCUT2D eigenvalue weighted by Crippen LogP contribution is -2.26. The maximum atomic E-state index is 12.6. The van der Waals surface area contributed by atoms with Gasteiger partial charge in [-0.2, -0.15) is 8.78 Å². The molecule has 0 saturated heterocycles. The third-order valence-corrected chi connectivity index (χ3v) is 4.67. The first-order valence-electron chi connectivity index (χ1n) is 9.77. The molecule has 3 aromatic carbocycles. The van der Waals surface area contributed by atoms with Gasteiger partial charge in [0.15, 0.2) is 11.5 Å². The number of methoxy groups -OCH3 is 1. The quantitative estimate of drug-likeness (QED) is 0.515. The predicted octanol–water partition coefficient (Wildman–Crippen LogP) is 5.04. The summed E-state index contributed by atoms with van der Waals surface area (Å²) in [4.78, 5) is 25.0. The summed E-state index contributed by atoms with van der Waals surface area (Å²) in [7, 11) is 1.32. The van der Waals surface area contributed by atoms with Gasteiger partial charge in [0.1, 0.15) is 0 Å². The van der Waals surface area contributed by atoms with E-state index >= 15 is 0 Å². The average Bonchev–Trinajstić information content (AvgIpc) is 2.79. The second-order valence-electron chi connectivity index (χ2n) is 6.88. The number of halogens is 2. The number of nitrogens with one attached hydrogen (secondary N) is 2. The van der Waals surface area contributed by atoms with Gasteiger partial charge in [0.2, 0.25) is 0 Å². The molecule has 0 heterocycles. The highest BCUT2D eigenvalue weighted by Crippen LogP contribution is 2.30. The second kappa shape index (κ2) is 10.4. The van der Waals surface area contributed by atoms with Gasteiger partial charge in [-0.1, -0.05) is 30.3 Å². The van der Waals surface area contributed by atoms with Crippen LogP contribution in [0.2, 0.25) is 0 Å². The van der Waals surface area contributed by atoms with Crippen molar-refractivity contribution in [3.05, 3.63) is 89.5 Å². The van der Waals surface area contributed by atoms with Crippen molar-refractivity contribution in [3.8, 4) is 11.5 Å². The van der Waals surface area contributed by atoms with Gasteiger partial charge < -0.3 is 20.1 Å². The summed E-state index contributed by atoms with van der Waals surface area (Å²) >= 11 is 0. The Morgan fingerprint density at radius 2 is 1.59 bits per heavy atom. The summed E-state index contributed by atoms with van der Waals surface area (Å²) < 4.78 is 34.7. The molecule has 3 aromatic rings. The number of carbonyl (C=O) groups excluding carboxylic acids is 2. The molecule has 0 aliphatic rings. The summed E-state index contributed by atoms with van der Waals surface area (Å²) in [5.74, 6) is -0.854. The molecule has 6 nitrogen and oxygen atoms in total. The van der Waals surface area contributed by atoms with E-state index in [2.05, 4.69) is 15.4 Å². The van der Waals surface area contributed by atoms with E-state index in [1.807, 2.05) is 12.1 Å². The lowest BCUT2D eigenvalue weighted by molar-refractivity contribution is -0.0512. The number of alkyl halides is 2. The summed E-state index contributed by atoms with van der Waals surface area (Å²) in [5.41, 5.74) is 2.00. The minimum absolute atomic E-state index is 0.0942. The smallest absolute Gasteiger partial charge is 0.387 e. The van der Waals surface area contributed by atoms with Gasteiger partial charge in [0.05, 0.1) is 13.2 Å². The largest absolute Gasteiger partial charge is 0.493 e. The standard InChI is InChI=1S/C24H22F2N2O4/c1-15(27-23(30)18-11-12-20(31-2)21(14-18)32-24(25)26)17-9-6-10-19(13-17)28-22(29)16-7-4-3-5-8-16/h3-15,24H,1-2H3,(H,27,30)(H,28,29). The fourth-order valence-corrected chi connectivity index (χ4v) is 3.05. The zero-order valence-corrected chi connectivity index (χ0v) is 17.5. The molecule has 0 spiro atoms. The molecular weight excluding hydrogens is 418 g/mol. The average molecular weight is 440 g/mol. The van der Waals surface area contributed by atoms with E-state index in [9.17, 15) is 18.4 Å². The molecule has 2 N–H and O–H groups in total. The van der Waals surface area contributed by atoms with Crippen molar-refractivity contribution < 1.29 is 27.8 Å². The summed E-state index contributed by atoms with van der Waals surface area (Å²) in [6.45, 7) is -1.27. The van der Waals surface area contributed by atoms with E-state index in [-0.39, 0.29) is 23.0 Å². The number of rotatable bonds is 8. The Balaban J connectivity index is 1.70. The van der Waals surface area contributed by atoms with Gasteiger partial charge in [-0.05, 0) is 55.0 Å². The molecule has 166 valence electrons. The van der Waals surface area contributed by atoms with Crippen molar-refractivity contribution in [2.24, 2.45) is 0 Å². The maximum Gasteiger partial charge on any atom is 0.387 e. The van der Waals surface area contributed by atoms with Crippen LogP contribution in [-0.2, 0) is 0 Å². The molecule has 0 fully saturated rings. The van der Waals surface area contributed by atoms with E-state index in [0.717, 1.165) is 5.56 Å². The monoisotopic (exact) mass is 440 g/mol. The SMILES string of the molecule is COc1ccc(C(=O)NC(C)c2cccc(NC(=O)c3ccccc3)c2)cc1OC(F)F. The van der Waals surface area contributed by atoms with Crippen LogP contribution in [0.5, 0.6) is 11.5 Å². The summed E-state index contributed by atoms with van der Waals surface area (Å²) in [5, 5.41) is 5.63. The number of amides is 2. The molecule has 3 rings (SSSR count). The van der Waals surface area contributed by atoms with Crippen molar-refractivity contribution in [3.63, 3.8) is 0 Å². The van der Waals surface area contributed by atoms with E-state index in [1.165, 1.54) is 25.3 Å². The van der Waals surface area contributed by atoms with Crippen LogP contribution >= 0.6 is 0 Å². The van der Waals surface area contributed by atoms with Crippen molar-refractivity contribution in [1.82, 2.24) is 5.32 Å². The minimum atomic E-state index is -3.05. The molecular formula is C24H22F2N2O4. The van der Waals surface area contributed by atoms with Crippen LogP contribution in [0.15, 0.2) is 72.8 Å². The van der Waals surface area contributed by atoms with Crippen LogP contribution in [0.1, 0.15) is 39.2 Å². The third kappa shape index (κ3) is 5.81. The van der Waals surface area contributed by atoms with Gasteiger partial charge >= 0.3 is 6.61 Å². The predicted molar refractivity (Wildman–Crippen MR) is 116 cm³/mol. The fourth-order valence-electron chi connectivity index (χ4n) is 3.05. The first-order chi connectivity index (χ1) is 15.4. The second-order valence-corrected chi connectivity index (χ2v) is 6.88. The molecule has 2 amide bonds. The normalized spacial score (nSPS) is 11.5. The van der Waals surface area contributed by atoms with Crippen LogP contribution in [0.3, 0.4) is 0 Å². The molecule has 0 aliphatic carbocycles. The summed E-state index contributed by atoms with van der Waals surface area (Å²) in [6.07, 6.45) is 0. The Morgan fingerprint density at radius 3 is 2.28 bits per heavy atom. The van der Waals surface area contributed by atoms with E-state index in [0.29, 0.717) is 11.3 Å². The van der Waals surface area contributed by atoms with Crippen LogP contribution < -0.4 is 20.1 Å². The first-order valence-corrected chi connectivity index (χ1v) is 9.77. The van der Waals surface area contributed by atoms with E-state index in [4.69, 9.17) is 4.74 Å². The molecule has 0 radical (unpaired) electrons. The molecule has 0 aromatic heterocycles. The number of anilines is 1. The van der Waals surface area contributed by atoms with Crippen molar-refractivity contribution in [2.75, 3.05) is 12.4 Å². The van der Waals surface area contributed by atoms with Crippen molar-refractivity contribution >= 4 is 17.5 Å². The molecule has 0 bridgehead atoms. The lowest BCUT2D eigenvalue weighted by Gasteiger charge is -2.17. The van der Waals surface area contributed by atoms with Crippen molar-refractivity contribution in [1.29, 1.82) is 0 Å². The Bertz CT molecular complexity index is 1090. The number of ether oxygens (including phenoxy) is 2. The highest BCUT2D eigenvalue weighted by molar-refractivity contribution is 6.04. The van der Waals surface area contributed by atoms with Crippen molar-refractivity contribution in [2.45, 2.75) is 19.6 Å². The van der Waals surface area contributed by atoms with Crippen LogP contribution in [-0.4, -0.2) is 25.5 Å². The van der Waals surface area contributed by atoms with E-state index < -0.39 is 18.6 Å². The number of hydrogen-bond donors (Lipinski definition) is 2. The van der Waals surface area contributed by atoms with Gasteiger partial charge in [-0.15, -0.1) is 0 Å². The zero-order chi connectivity index (χ0) is 23.1. The molecule has 1 atom stereocenters. The zero-order valence-electron chi connectivity index (χ0n) is 17.5. The molecule has 0 saturated carbocycles. The van der Waals surface area contributed by atoms with Crippen LogP contribution in [0.4, 0.5) is 14.5 Å². The van der Waals surface area contributed by atoms with Gasteiger partial charge in [0, 0.05) is 16.8 Å². The van der Waals surface area contributed by atoms with Crippen LogP contribution in [0.25, 0.3) is 0 Å². The molecule has 0 aliphatic heterocycles. The minimum Gasteiger partial charge on any atom is -0.493 e. The molecule has 8 heteroatoms. The fraction of sp³-hybridized carbons (Fsp3) is 0.167. The number of hydrogen-bond acceptors (Lipinski definition) is 4. The van der Waals surface area contributed by atoms with Crippen LogP contribution in [0, 0.1) is 0 Å². The Kier molecular flexibility index (Phi) is 7.38. The Labute approximate surface area is 184 Å². The lowest BCUT2D eigenvalue weighted by atomic mass is 10.1. The topological polar surface area (TPSA) is 76.7 Å². The number of carbonyl (C=O) groups is 2. The highest BCUT2D eigenvalue weighted by atomic mass is 19.3.